The Kier molecular flexibility index (Phi) is 4.90. The molecule has 1 N–H and O–H groups in total. The molecule has 1 spiro atoms. The molecule has 1 amide bonds. The number of carbonyl (C=O) groups is 1. The van der Waals surface area contributed by atoms with E-state index in [0.29, 0.717) is 30.2 Å². The third-order valence-electron chi connectivity index (χ3n) is 6.60. The van der Waals surface area contributed by atoms with Gasteiger partial charge in [-0.3, -0.25) is 19.8 Å². The number of amides is 1. The maximum atomic E-state index is 13.2. The predicted octanol–water partition coefficient (Wildman–Crippen LogP) is 3.79. The van der Waals surface area contributed by atoms with Crippen LogP contribution in [0, 0.1) is 10.1 Å². The molecule has 2 heterocycles. The van der Waals surface area contributed by atoms with E-state index in [1.165, 1.54) is 0 Å². The Labute approximate surface area is 185 Å². The minimum absolute atomic E-state index is 0.296. The van der Waals surface area contributed by atoms with E-state index in [1.807, 2.05) is 77.7 Å². The molecule has 3 aromatic rings. The number of para-hydroxylation sites is 1. The molecule has 1 saturated heterocycles. The molecule has 0 saturated carbocycles. The average molecular weight is 429 g/mol. The molecule has 32 heavy (non-hydrogen) atoms. The molecule has 7 heteroatoms. The summed E-state index contributed by atoms with van der Waals surface area (Å²) in [7, 11) is 1.79. The van der Waals surface area contributed by atoms with Crippen LogP contribution in [0.25, 0.3) is 0 Å². The molecule has 2 aliphatic heterocycles. The van der Waals surface area contributed by atoms with Crippen LogP contribution in [0.4, 0.5) is 5.69 Å². The highest BCUT2D eigenvalue weighted by Crippen LogP contribution is 2.51. The summed E-state index contributed by atoms with van der Waals surface area (Å²) >= 11 is 0. The molecule has 0 bridgehead atoms. The SMILES string of the molecule is CN1C[C@H](c2ccc(OCc3ccccc3)cc2)[C@@H]([N+](=O)[O-])[C@]12C(=O)Nc1ccccc12. The Hall–Kier alpha value is -3.71. The molecular formula is C25H23N3O4. The van der Waals surface area contributed by atoms with Gasteiger partial charge < -0.3 is 10.1 Å². The van der Waals surface area contributed by atoms with E-state index in [9.17, 15) is 14.9 Å². The predicted molar refractivity (Wildman–Crippen MR) is 120 cm³/mol. The van der Waals surface area contributed by atoms with E-state index in [0.717, 1.165) is 11.1 Å². The molecule has 0 unspecified atom stereocenters. The first-order chi connectivity index (χ1) is 15.5. The Morgan fingerprint density at radius 2 is 1.75 bits per heavy atom. The first kappa shape index (κ1) is 20.2. The van der Waals surface area contributed by atoms with Crippen LogP contribution in [0.3, 0.4) is 0 Å². The number of ether oxygens (including phenoxy) is 1. The monoisotopic (exact) mass is 429 g/mol. The maximum Gasteiger partial charge on any atom is 0.256 e. The van der Waals surface area contributed by atoms with Crippen LogP contribution in [0.1, 0.15) is 22.6 Å². The zero-order chi connectivity index (χ0) is 22.3. The third kappa shape index (κ3) is 3.05. The topological polar surface area (TPSA) is 84.7 Å². The minimum Gasteiger partial charge on any atom is -0.489 e. The number of anilines is 1. The fraction of sp³-hybridized carbons (Fsp3) is 0.240. The van der Waals surface area contributed by atoms with Gasteiger partial charge in [0.15, 0.2) is 5.54 Å². The molecule has 3 aromatic carbocycles. The van der Waals surface area contributed by atoms with Gasteiger partial charge in [-0.05, 0) is 36.4 Å². The first-order valence-electron chi connectivity index (χ1n) is 10.5. The standard InChI is InChI=1S/C25H23N3O4/c1-27-15-20(18-11-13-19(14-12-18)32-16-17-7-3-2-4-8-17)23(28(30)31)25(27)21-9-5-6-10-22(21)26-24(25)29/h2-14,20,23H,15-16H2,1H3,(H,26,29)/t20-,23-,25-/m1/s1. The van der Waals surface area contributed by atoms with Crippen LogP contribution in [0.2, 0.25) is 0 Å². The lowest BCUT2D eigenvalue weighted by molar-refractivity contribution is -0.534. The highest BCUT2D eigenvalue weighted by molar-refractivity contribution is 6.06. The normalized spacial score (nSPS) is 24.3. The fourth-order valence-electron chi connectivity index (χ4n) is 5.13. The van der Waals surface area contributed by atoms with E-state index in [2.05, 4.69) is 5.32 Å². The molecule has 0 radical (unpaired) electrons. The Morgan fingerprint density at radius 3 is 2.47 bits per heavy atom. The van der Waals surface area contributed by atoms with Crippen molar-refractivity contribution in [3.8, 4) is 5.75 Å². The number of carbonyl (C=O) groups excluding carboxylic acids is 1. The summed E-state index contributed by atoms with van der Waals surface area (Å²) in [5.74, 6) is -0.0800. The summed E-state index contributed by atoms with van der Waals surface area (Å²) in [6.45, 7) is 0.849. The molecule has 1 fully saturated rings. The van der Waals surface area contributed by atoms with Gasteiger partial charge in [0, 0.05) is 22.7 Å². The Balaban J connectivity index is 1.44. The van der Waals surface area contributed by atoms with Crippen molar-refractivity contribution in [3.05, 3.63) is 106 Å². The van der Waals surface area contributed by atoms with Gasteiger partial charge in [-0.15, -0.1) is 0 Å². The van der Waals surface area contributed by atoms with Gasteiger partial charge in [-0.25, -0.2) is 0 Å². The zero-order valence-corrected chi connectivity index (χ0v) is 17.6. The lowest BCUT2D eigenvalue weighted by atomic mass is 9.79. The second kappa shape index (κ2) is 7.76. The number of likely N-dealkylation sites (N-methyl/N-ethyl adjacent to an activating group) is 1. The van der Waals surface area contributed by atoms with E-state index in [1.54, 1.807) is 13.1 Å². The molecule has 7 nitrogen and oxygen atoms in total. The third-order valence-corrected chi connectivity index (χ3v) is 6.60. The highest BCUT2D eigenvalue weighted by atomic mass is 16.6. The summed E-state index contributed by atoms with van der Waals surface area (Å²) < 4.78 is 5.85. The van der Waals surface area contributed by atoms with Crippen molar-refractivity contribution < 1.29 is 14.5 Å². The summed E-state index contributed by atoms with van der Waals surface area (Å²) in [6, 6.07) is 23.4. The van der Waals surface area contributed by atoms with E-state index >= 15 is 0 Å². The van der Waals surface area contributed by atoms with Crippen LogP contribution in [0.15, 0.2) is 78.9 Å². The Bertz CT molecular complexity index is 1170. The molecule has 0 aliphatic carbocycles. The van der Waals surface area contributed by atoms with Gasteiger partial charge >= 0.3 is 0 Å². The van der Waals surface area contributed by atoms with E-state index in [-0.39, 0.29) is 10.8 Å². The van der Waals surface area contributed by atoms with Crippen LogP contribution >= 0.6 is 0 Å². The van der Waals surface area contributed by atoms with Crippen molar-refractivity contribution in [1.82, 2.24) is 4.90 Å². The van der Waals surface area contributed by atoms with Crippen molar-refractivity contribution in [2.45, 2.75) is 24.1 Å². The number of likely N-dealkylation sites (tertiary alicyclic amines) is 1. The molecule has 3 atom stereocenters. The summed E-state index contributed by atoms with van der Waals surface area (Å²) in [4.78, 5) is 27.0. The number of nitrogens with zero attached hydrogens (tertiary/aromatic N) is 2. The largest absolute Gasteiger partial charge is 0.489 e. The molecule has 5 rings (SSSR count). The summed E-state index contributed by atoms with van der Waals surface area (Å²) in [6.07, 6.45) is 0. The second-order valence-electron chi connectivity index (χ2n) is 8.33. The van der Waals surface area contributed by atoms with Gasteiger partial charge in [-0.2, -0.15) is 0 Å². The number of benzene rings is 3. The van der Waals surface area contributed by atoms with Crippen molar-refractivity contribution in [2.24, 2.45) is 0 Å². The van der Waals surface area contributed by atoms with Crippen LogP contribution < -0.4 is 10.1 Å². The molecule has 162 valence electrons. The number of nitro groups is 1. The van der Waals surface area contributed by atoms with Crippen molar-refractivity contribution >= 4 is 11.6 Å². The lowest BCUT2D eigenvalue weighted by Gasteiger charge is -2.30. The first-order valence-corrected chi connectivity index (χ1v) is 10.5. The number of hydrogen-bond acceptors (Lipinski definition) is 5. The van der Waals surface area contributed by atoms with Gasteiger partial charge in [0.25, 0.3) is 11.9 Å². The number of nitrogens with one attached hydrogen (secondary N) is 1. The molecule has 0 aromatic heterocycles. The van der Waals surface area contributed by atoms with E-state index in [4.69, 9.17) is 4.74 Å². The molecular weight excluding hydrogens is 406 g/mol. The maximum absolute atomic E-state index is 13.2. The van der Waals surface area contributed by atoms with Gasteiger partial charge in [-0.1, -0.05) is 60.7 Å². The van der Waals surface area contributed by atoms with Crippen molar-refractivity contribution in [2.75, 3.05) is 18.9 Å². The van der Waals surface area contributed by atoms with Gasteiger partial charge in [0.1, 0.15) is 12.4 Å². The number of rotatable bonds is 5. The lowest BCUT2D eigenvalue weighted by Crippen LogP contribution is -2.54. The quantitative estimate of drug-likeness (QED) is 0.493. The fourth-order valence-corrected chi connectivity index (χ4v) is 5.13. The van der Waals surface area contributed by atoms with Crippen LogP contribution in [-0.4, -0.2) is 35.4 Å². The zero-order valence-electron chi connectivity index (χ0n) is 17.6. The average Bonchev–Trinajstić information content (AvgIpc) is 3.28. The second-order valence-corrected chi connectivity index (χ2v) is 8.33. The molecule has 2 aliphatic rings. The minimum atomic E-state index is -1.33. The highest BCUT2D eigenvalue weighted by Gasteiger charge is 2.68. The van der Waals surface area contributed by atoms with Crippen molar-refractivity contribution in [1.29, 1.82) is 0 Å². The number of hydrogen-bond donors (Lipinski definition) is 1. The summed E-state index contributed by atoms with van der Waals surface area (Å²) in [5.41, 5.74) is 1.86. The van der Waals surface area contributed by atoms with Crippen LogP contribution in [0.5, 0.6) is 5.75 Å². The number of fused-ring (bicyclic) bond motifs is 2. The van der Waals surface area contributed by atoms with E-state index < -0.39 is 17.5 Å². The van der Waals surface area contributed by atoms with Gasteiger partial charge in [0.05, 0.1) is 5.92 Å². The van der Waals surface area contributed by atoms with Gasteiger partial charge in [0.2, 0.25) is 0 Å². The Morgan fingerprint density at radius 1 is 1.06 bits per heavy atom. The smallest absolute Gasteiger partial charge is 0.256 e. The summed E-state index contributed by atoms with van der Waals surface area (Å²) in [5, 5.41) is 15.2. The van der Waals surface area contributed by atoms with Crippen LogP contribution in [-0.2, 0) is 16.9 Å². The van der Waals surface area contributed by atoms with Crippen molar-refractivity contribution in [3.63, 3.8) is 0 Å².